The molecule has 0 radical (unpaired) electrons. The Bertz CT molecular complexity index is 427. The number of likely N-dealkylation sites (N-methyl/N-ethyl adjacent to an activating group) is 1. The monoisotopic (exact) mass is 284 g/mol. The fourth-order valence-corrected chi connectivity index (χ4v) is 2.82. The summed E-state index contributed by atoms with van der Waals surface area (Å²) in [6, 6.07) is 0. The van der Waals surface area contributed by atoms with Crippen molar-refractivity contribution >= 4 is 22.4 Å². The van der Waals surface area contributed by atoms with Crippen molar-refractivity contribution in [2.75, 3.05) is 58.3 Å². The zero-order chi connectivity index (χ0) is 13.8. The summed E-state index contributed by atoms with van der Waals surface area (Å²) in [6.07, 6.45) is 1.45. The Labute approximate surface area is 117 Å². The van der Waals surface area contributed by atoms with E-state index in [9.17, 15) is 4.79 Å². The Kier molecular flexibility index (Phi) is 4.73. The summed E-state index contributed by atoms with van der Waals surface area (Å²) >= 11 is 1.26. The van der Waals surface area contributed by atoms with Gasteiger partial charge in [-0.25, -0.2) is 9.78 Å². The summed E-state index contributed by atoms with van der Waals surface area (Å²) in [6.45, 7) is 6.01. The number of rotatable bonds is 5. The largest absolute Gasteiger partial charge is 0.477 e. The highest BCUT2D eigenvalue weighted by Gasteiger charge is 2.20. The Morgan fingerprint density at radius 3 is 2.63 bits per heavy atom. The summed E-state index contributed by atoms with van der Waals surface area (Å²) in [5.41, 5.74) is 0. The molecule has 0 spiro atoms. The molecule has 0 aliphatic carbocycles. The maximum Gasteiger partial charge on any atom is 0.347 e. The summed E-state index contributed by atoms with van der Waals surface area (Å²) < 4.78 is 0. The summed E-state index contributed by atoms with van der Waals surface area (Å²) in [5, 5.41) is 9.72. The molecule has 0 saturated carbocycles. The number of aromatic nitrogens is 1. The maximum atomic E-state index is 10.8. The van der Waals surface area contributed by atoms with Gasteiger partial charge in [0.1, 0.15) is 4.88 Å². The first kappa shape index (κ1) is 14.2. The van der Waals surface area contributed by atoms with E-state index in [0.29, 0.717) is 4.88 Å². The van der Waals surface area contributed by atoms with E-state index in [4.69, 9.17) is 5.11 Å². The van der Waals surface area contributed by atoms with Gasteiger partial charge in [-0.05, 0) is 14.1 Å². The highest BCUT2D eigenvalue weighted by molar-refractivity contribution is 7.17. The molecule has 1 fully saturated rings. The first-order valence-corrected chi connectivity index (χ1v) is 7.19. The summed E-state index contributed by atoms with van der Waals surface area (Å²) in [7, 11) is 4.17. The molecular formula is C12H20N4O2S. The predicted molar refractivity (Wildman–Crippen MR) is 76.3 cm³/mol. The van der Waals surface area contributed by atoms with E-state index in [1.807, 2.05) is 0 Å². The highest BCUT2D eigenvalue weighted by atomic mass is 32.1. The zero-order valence-corrected chi connectivity index (χ0v) is 12.2. The Balaban J connectivity index is 1.83. The molecule has 7 heteroatoms. The molecule has 0 atom stereocenters. The van der Waals surface area contributed by atoms with Gasteiger partial charge in [0.15, 0.2) is 5.13 Å². The lowest BCUT2D eigenvalue weighted by Gasteiger charge is -2.34. The second kappa shape index (κ2) is 6.31. The molecule has 0 unspecified atom stereocenters. The number of aromatic carboxylic acids is 1. The number of carboxylic acids is 1. The molecule has 6 nitrogen and oxygen atoms in total. The minimum atomic E-state index is -0.895. The highest BCUT2D eigenvalue weighted by Crippen LogP contribution is 2.23. The van der Waals surface area contributed by atoms with Gasteiger partial charge in [-0.3, -0.25) is 4.90 Å². The quantitative estimate of drug-likeness (QED) is 0.851. The summed E-state index contributed by atoms with van der Waals surface area (Å²) in [5.74, 6) is -0.895. The van der Waals surface area contributed by atoms with Crippen molar-refractivity contribution < 1.29 is 9.90 Å². The summed E-state index contributed by atoms with van der Waals surface area (Å²) in [4.78, 5) is 22.1. The lowest BCUT2D eigenvalue weighted by atomic mass is 10.3. The third-order valence-electron chi connectivity index (χ3n) is 3.21. The molecule has 0 amide bonds. The van der Waals surface area contributed by atoms with Crippen LogP contribution in [-0.2, 0) is 0 Å². The van der Waals surface area contributed by atoms with Crippen LogP contribution >= 0.6 is 11.3 Å². The number of hydrogen-bond acceptors (Lipinski definition) is 6. The Morgan fingerprint density at radius 2 is 2.11 bits per heavy atom. The van der Waals surface area contributed by atoms with Gasteiger partial charge < -0.3 is 14.9 Å². The lowest BCUT2D eigenvalue weighted by Crippen LogP contribution is -2.48. The molecule has 1 saturated heterocycles. The number of anilines is 1. The first-order chi connectivity index (χ1) is 9.06. The molecule has 1 N–H and O–H groups in total. The average Bonchev–Trinajstić information content (AvgIpc) is 2.86. The van der Waals surface area contributed by atoms with Crippen LogP contribution < -0.4 is 4.90 Å². The molecular weight excluding hydrogens is 264 g/mol. The Morgan fingerprint density at radius 1 is 1.42 bits per heavy atom. The van der Waals surface area contributed by atoms with Gasteiger partial charge in [0.25, 0.3) is 0 Å². The lowest BCUT2D eigenvalue weighted by molar-refractivity contribution is 0.0702. The van der Waals surface area contributed by atoms with Gasteiger partial charge in [0.05, 0.1) is 6.20 Å². The smallest absolute Gasteiger partial charge is 0.347 e. The molecule has 1 aromatic rings. The van der Waals surface area contributed by atoms with Crippen LogP contribution in [0.1, 0.15) is 9.67 Å². The molecule has 19 heavy (non-hydrogen) atoms. The fraction of sp³-hybridized carbons (Fsp3) is 0.667. The molecule has 1 aliphatic rings. The van der Waals surface area contributed by atoms with Gasteiger partial charge in [0, 0.05) is 39.3 Å². The van der Waals surface area contributed by atoms with Crippen molar-refractivity contribution in [2.45, 2.75) is 0 Å². The number of piperazine rings is 1. The predicted octanol–water partition coefficient (Wildman–Crippen LogP) is 0.525. The van der Waals surface area contributed by atoms with E-state index in [-0.39, 0.29) is 0 Å². The third kappa shape index (κ3) is 3.89. The van der Waals surface area contributed by atoms with E-state index < -0.39 is 5.97 Å². The average molecular weight is 284 g/mol. The standard InChI is InChI=1S/C12H20N4O2S/c1-14(2)3-4-15-5-7-16(8-6-15)12-13-9-10(19-12)11(17)18/h9H,3-8H2,1-2H3,(H,17,18). The van der Waals surface area contributed by atoms with Crippen molar-refractivity contribution in [3.63, 3.8) is 0 Å². The maximum absolute atomic E-state index is 10.8. The number of carboxylic acid groups (broad SMARTS) is 1. The van der Waals surface area contributed by atoms with Crippen LogP contribution in [0.5, 0.6) is 0 Å². The SMILES string of the molecule is CN(C)CCN1CCN(c2ncc(C(=O)O)s2)CC1. The number of thiazole rings is 1. The number of hydrogen-bond donors (Lipinski definition) is 1. The van der Waals surface area contributed by atoms with E-state index in [0.717, 1.165) is 44.4 Å². The normalized spacial score (nSPS) is 17.1. The van der Waals surface area contributed by atoms with Gasteiger partial charge >= 0.3 is 5.97 Å². The molecule has 2 rings (SSSR count). The van der Waals surface area contributed by atoms with Crippen molar-refractivity contribution in [3.8, 4) is 0 Å². The van der Waals surface area contributed by atoms with Gasteiger partial charge in [-0.1, -0.05) is 11.3 Å². The molecule has 2 heterocycles. The number of carbonyl (C=O) groups is 1. The second-order valence-electron chi connectivity index (χ2n) is 4.94. The van der Waals surface area contributed by atoms with Crippen LogP contribution in [-0.4, -0.2) is 79.2 Å². The molecule has 106 valence electrons. The van der Waals surface area contributed by atoms with Gasteiger partial charge in [0.2, 0.25) is 0 Å². The van der Waals surface area contributed by atoms with Gasteiger partial charge in [-0.15, -0.1) is 0 Å². The van der Waals surface area contributed by atoms with Crippen LogP contribution in [0.25, 0.3) is 0 Å². The molecule has 0 aromatic carbocycles. The van der Waals surface area contributed by atoms with Crippen LogP contribution in [0.3, 0.4) is 0 Å². The third-order valence-corrected chi connectivity index (χ3v) is 4.26. The zero-order valence-electron chi connectivity index (χ0n) is 11.4. The molecule has 1 aliphatic heterocycles. The van der Waals surface area contributed by atoms with Crippen LogP contribution in [0.2, 0.25) is 0 Å². The minimum absolute atomic E-state index is 0.310. The van der Waals surface area contributed by atoms with Crippen LogP contribution in [0.4, 0.5) is 5.13 Å². The molecule has 1 aromatic heterocycles. The number of nitrogens with zero attached hydrogens (tertiary/aromatic N) is 4. The minimum Gasteiger partial charge on any atom is -0.477 e. The van der Waals surface area contributed by atoms with E-state index >= 15 is 0 Å². The van der Waals surface area contributed by atoms with Crippen molar-refractivity contribution in [3.05, 3.63) is 11.1 Å². The first-order valence-electron chi connectivity index (χ1n) is 6.37. The second-order valence-corrected chi connectivity index (χ2v) is 5.95. The van der Waals surface area contributed by atoms with Crippen molar-refractivity contribution in [1.82, 2.24) is 14.8 Å². The van der Waals surface area contributed by atoms with Crippen LogP contribution in [0.15, 0.2) is 6.20 Å². The van der Waals surface area contributed by atoms with Gasteiger partial charge in [-0.2, -0.15) is 0 Å². The van der Waals surface area contributed by atoms with E-state index in [1.54, 1.807) is 0 Å². The molecule has 0 bridgehead atoms. The van der Waals surface area contributed by atoms with E-state index in [2.05, 4.69) is 33.8 Å². The fourth-order valence-electron chi connectivity index (χ4n) is 2.01. The topological polar surface area (TPSA) is 59.9 Å². The van der Waals surface area contributed by atoms with Crippen molar-refractivity contribution in [1.29, 1.82) is 0 Å². The Hall–Kier alpha value is -1.18. The van der Waals surface area contributed by atoms with E-state index in [1.165, 1.54) is 17.5 Å². The van der Waals surface area contributed by atoms with Crippen LogP contribution in [0, 0.1) is 0 Å². The van der Waals surface area contributed by atoms with Crippen molar-refractivity contribution in [2.24, 2.45) is 0 Å².